The molecule has 0 atom stereocenters. The molecule has 0 N–H and O–H groups in total. The Bertz CT molecular complexity index is 1790. The fourth-order valence-electron chi connectivity index (χ4n) is 6.85. The van der Waals surface area contributed by atoms with E-state index < -0.39 is 0 Å². The van der Waals surface area contributed by atoms with Crippen LogP contribution in [0.15, 0.2) is 122 Å². The van der Waals surface area contributed by atoms with Gasteiger partial charge in [0, 0.05) is 23.5 Å². The monoisotopic (exact) mass is 573 g/mol. The van der Waals surface area contributed by atoms with Crippen LogP contribution in [0.25, 0.3) is 11.1 Å². The molecule has 3 nitrogen and oxygen atoms in total. The lowest BCUT2D eigenvalue weighted by Gasteiger charge is -2.28. The minimum absolute atomic E-state index is 0.128. The molecule has 0 saturated carbocycles. The summed E-state index contributed by atoms with van der Waals surface area (Å²) in [5.41, 5.74) is 16.5. The Hall–Kier alpha value is -5.02. The van der Waals surface area contributed by atoms with Crippen LogP contribution in [0.4, 0.5) is 17.2 Å². The first-order chi connectivity index (χ1) is 21.3. The van der Waals surface area contributed by atoms with Crippen LogP contribution < -0.4 is 4.90 Å². The lowest BCUT2D eigenvalue weighted by molar-refractivity contribution is 0.919. The van der Waals surface area contributed by atoms with Crippen LogP contribution in [0.1, 0.15) is 56.0 Å². The molecule has 218 valence electrons. The minimum atomic E-state index is 0.128. The standard InChI is InChI=1S/C41H39N3/c1-27-22-29(3)39(30(4)23-27)41(40-31(5)24-28(2)25-32(40)6)35-14-18-37(19-15-35)44(38-20-21-42-26-43-38)36-16-12-34(13-17-36)33-10-8-7-9-11-33/h7-26,41H,1-6H3. The predicted molar refractivity (Wildman–Crippen MR) is 184 cm³/mol. The van der Waals surface area contributed by atoms with Gasteiger partial charge in [-0.1, -0.05) is 90.0 Å². The van der Waals surface area contributed by atoms with Gasteiger partial charge in [-0.05, 0) is 122 Å². The van der Waals surface area contributed by atoms with E-state index in [1.807, 2.05) is 12.1 Å². The van der Waals surface area contributed by atoms with Gasteiger partial charge in [0.05, 0.1) is 0 Å². The van der Waals surface area contributed by atoms with Crippen LogP contribution in [-0.2, 0) is 0 Å². The van der Waals surface area contributed by atoms with E-state index in [0.29, 0.717) is 0 Å². The normalized spacial score (nSPS) is 11.2. The van der Waals surface area contributed by atoms with Gasteiger partial charge < -0.3 is 0 Å². The average Bonchev–Trinajstić information content (AvgIpc) is 3.01. The second-order valence-electron chi connectivity index (χ2n) is 12.0. The van der Waals surface area contributed by atoms with E-state index in [0.717, 1.165) is 17.2 Å². The van der Waals surface area contributed by atoms with E-state index in [1.54, 1.807) is 12.5 Å². The van der Waals surface area contributed by atoms with Gasteiger partial charge in [0.1, 0.15) is 12.1 Å². The summed E-state index contributed by atoms with van der Waals surface area (Å²) in [6.07, 6.45) is 3.40. The fraction of sp³-hybridized carbons (Fsp3) is 0.171. The van der Waals surface area contributed by atoms with Crippen molar-refractivity contribution in [3.05, 3.63) is 172 Å². The van der Waals surface area contributed by atoms with E-state index in [1.165, 1.54) is 61.2 Å². The second-order valence-corrected chi connectivity index (χ2v) is 12.0. The van der Waals surface area contributed by atoms with Gasteiger partial charge in [0.15, 0.2) is 0 Å². The molecule has 0 bridgehead atoms. The molecule has 0 saturated heterocycles. The van der Waals surface area contributed by atoms with Crippen molar-refractivity contribution in [3.8, 4) is 11.1 Å². The first-order valence-corrected chi connectivity index (χ1v) is 15.3. The van der Waals surface area contributed by atoms with E-state index in [9.17, 15) is 0 Å². The third kappa shape index (κ3) is 5.78. The molecule has 0 unspecified atom stereocenters. The third-order valence-corrected chi connectivity index (χ3v) is 8.57. The van der Waals surface area contributed by atoms with Crippen LogP contribution in [0, 0.1) is 41.5 Å². The summed E-state index contributed by atoms with van der Waals surface area (Å²) in [7, 11) is 0. The van der Waals surface area contributed by atoms with Crippen molar-refractivity contribution < 1.29 is 0 Å². The molecule has 5 aromatic carbocycles. The molecule has 1 heterocycles. The zero-order valence-corrected chi connectivity index (χ0v) is 26.5. The molecule has 6 aromatic rings. The fourth-order valence-corrected chi connectivity index (χ4v) is 6.85. The van der Waals surface area contributed by atoms with Crippen molar-refractivity contribution in [2.45, 2.75) is 47.5 Å². The van der Waals surface area contributed by atoms with Crippen molar-refractivity contribution in [1.82, 2.24) is 9.97 Å². The van der Waals surface area contributed by atoms with Crippen LogP contribution in [0.3, 0.4) is 0 Å². The quantitative estimate of drug-likeness (QED) is 0.178. The Morgan fingerprint density at radius 3 is 1.48 bits per heavy atom. The molecule has 0 radical (unpaired) electrons. The maximum absolute atomic E-state index is 4.64. The van der Waals surface area contributed by atoms with Crippen LogP contribution in [-0.4, -0.2) is 9.97 Å². The van der Waals surface area contributed by atoms with E-state index in [2.05, 4.69) is 153 Å². The molecule has 1 aromatic heterocycles. The van der Waals surface area contributed by atoms with Crippen LogP contribution >= 0.6 is 0 Å². The zero-order chi connectivity index (χ0) is 30.8. The molecular weight excluding hydrogens is 534 g/mol. The van der Waals surface area contributed by atoms with Crippen molar-refractivity contribution in [1.29, 1.82) is 0 Å². The Morgan fingerprint density at radius 2 is 1.00 bits per heavy atom. The van der Waals surface area contributed by atoms with E-state index in [-0.39, 0.29) is 5.92 Å². The Labute approximate surface area is 261 Å². The summed E-state index contributed by atoms with van der Waals surface area (Å²) in [5.74, 6) is 0.954. The van der Waals surface area contributed by atoms with Gasteiger partial charge in [-0.2, -0.15) is 0 Å². The van der Waals surface area contributed by atoms with E-state index in [4.69, 9.17) is 0 Å². The summed E-state index contributed by atoms with van der Waals surface area (Å²) in [6, 6.07) is 39.4. The van der Waals surface area contributed by atoms with E-state index >= 15 is 0 Å². The zero-order valence-electron chi connectivity index (χ0n) is 26.5. The first kappa shape index (κ1) is 29.1. The van der Waals surface area contributed by atoms with Gasteiger partial charge in [-0.15, -0.1) is 0 Å². The SMILES string of the molecule is Cc1cc(C)c(C(c2ccc(N(c3ccc(-c4ccccc4)cc3)c3ccncn3)cc2)c2c(C)cc(C)cc2C)c(C)c1. The molecule has 0 fully saturated rings. The first-order valence-electron chi connectivity index (χ1n) is 15.3. The topological polar surface area (TPSA) is 29.0 Å². The number of hydrogen-bond donors (Lipinski definition) is 0. The third-order valence-electron chi connectivity index (χ3n) is 8.57. The molecule has 0 amide bonds. The van der Waals surface area contributed by atoms with Gasteiger partial charge >= 0.3 is 0 Å². The van der Waals surface area contributed by atoms with Crippen molar-refractivity contribution >= 4 is 17.2 Å². The highest BCUT2D eigenvalue weighted by atomic mass is 15.2. The largest absolute Gasteiger partial charge is 0.295 e. The minimum Gasteiger partial charge on any atom is -0.295 e. The number of rotatable bonds is 7. The summed E-state index contributed by atoms with van der Waals surface area (Å²) < 4.78 is 0. The van der Waals surface area contributed by atoms with Crippen molar-refractivity contribution in [3.63, 3.8) is 0 Å². The lowest BCUT2D eigenvalue weighted by Crippen LogP contribution is -2.13. The summed E-state index contributed by atoms with van der Waals surface area (Å²) in [6.45, 7) is 13.4. The lowest BCUT2D eigenvalue weighted by atomic mass is 9.77. The van der Waals surface area contributed by atoms with Gasteiger partial charge in [0.25, 0.3) is 0 Å². The van der Waals surface area contributed by atoms with Gasteiger partial charge in [0.2, 0.25) is 0 Å². The van der Waals surface area contributed by atoms with Gasteiger partial charge in [-0.25, -0.2) is 9.97 Å². The van der Waals surface area contributed by atoms with Gasteiger partial charge in [-0.3, -0.25) is 4.90 Å². The average molecular weight is 574 g/mol. The molecule has 0 aliphatic heterocycles. The molecule has 0 aliphatic carbocycles. The number of benzene rings is 5. The van der Waals surface area contributed by atoms with Crippen LogP contribution in [0.5, 0.6) is 0 Å². The highest BCUT2D eigenvalue weighted by Gasteiger charge is 2.25. The second kappa shape index (κ2) is 12.3. The number of hydrogen-bond acceptors (Lipinski definition) is 3. The summed E-state index contributed by atoms with van der Waals surface area (Å²) >= 11 is 0. The summed E-state index contributed by atoms with van der Waals surface area (Å²) in [5, 5.41) is 0. The Balaban J connectivity index is 1.46. The van der Waals surface area contributed by atoms with Crippen molar-refractivity contribution in [2.24, 2.45) is 0 Å². The highest BCUT2D eigenvalue weighted by molar-refractivity contribution is 5.76. The Kier molecular flexibility index (Phi) is 8.13. The number of anilines is 3. The molecule has 0 spiro atoms. The predicted octanol–water partition coefficient (Wildman–Crippen LogP) is 10.6. The van der Waals surface area contributed by atoms with Crippen molar-refractivity contribution in [2.75, 3.05) is 4.90 Å². The smallest absolute Gasteiger partial charge is 0.140 e. The molecule has 3 heteroatoms. The highest BCUT2D eigenvalue weighted by Crippen LogP contribution is 2.41. The molecular formula is C41H39N3. The number of aromatic nitrogens is 2. The Morgan fingerprint density at radius 1 is 0.523 bits per heavy atom. The molecule has 6 rings (SSSR count). The molecule has 44 heavy (non-hydrogen) atoms. The number of nitrogens with zero attached hydrogens (tertiary/aromatic N) is 3. The number of aryl methyl sites for hydroxylation is 6. The maximum Gasteiger partial charge on any atom is 0.140 e. The van der Waals surface area contributed by atoms with Crippen LogP contribution in [0.2, 0.25) is 0 Å². The maximum atomic E-state index is 4.64. The molecule has 0 aliphatic rings. The summed E-state index contributed by atoms with van der Waals surface area (Å²) in [4.78, 5) is 11.0.